The van der Waals surface area contributed by atoms with Gasteiger partial charge in [-0.3, -0.25) is 4.79 Å². The molecule has 23 heavy (non-hydrogen) atoms. The molecule has 1 N–H and O–H groups in total. The van der Waals surface area contributed by atoms with Crippen molar-refractivity contribution >= 4 is 18.1 Å². The number of ether oxygens (including phenoxy) is 1. The average Bonchev–Trinajstić information content (AvgIpc) is 2.52. The third kappa shape index (κ3) is 2.87. The molecule has 4 nitrogen and oxygen atoms in total. The molecule has 0 aliphatic heterocycles. The SMILES string of the molecule is O=CNc1ccc(C(=O)OCC23CC4CC(CC(C4)C2)C3)cc1. The first-order valence-corrected chi connectivity index (χ1v) is 8.63. The van der Waals surface area contributed by atoms with E-state index in [-0.39, 0.29) is 11.4 Å². The van der Waals surface area contributed by atoms with Gasteiger partial charge in [0.25, 0.3) is 0 Å². The fourth-order valence-electron chi connectivity index (χ4n) is 5.54. The van der Waals surface area contributed by atoms with Crippen LogP contribution in [0.2, 0.25) is 0 Å². The predicted octanol–water partition coefficient (Wildman–Crippen LogP) is 3.63. The van der Waals surface area contributed by atoms with E-state index in [1.165, 1.54) is 38.5 Å². The highest BCUT2D eigenvalue weighted by molar-refractivity contribution is 5.90. The Morgan fingerprint density at radius 1 is 1.09 bits per heavy atom. The van der Waals surface area contributed by atoms with Gasteiger partial charge in [-0.15, -0.1) is 0 Å². The van der Waals surface area contributed by atoms with E-state index in [4.69, 9.17) is 4.74 Å². The maximum atomic E-state index is 12.3. The largest absolute Gasteiger partial charge is 0.462 e. The Balaban J connectivity index is 1.39. The molecular weight excluding hydrogens is 290 g/mol. The summed E-state index contributed by atoms with van der Waals surface area (Å²) in [6, 6.07) is 6.84. The van der Waals surface area contributed by atoms with Crippen molar-refractivity contribution in [3.8, 4) is 0 Å². The van der Waals surface area contributed by atoms with Crippen molar-refractivity contribution in [2.24, 2.45) is 23.2 Å². The van der Waals surface area contributed by atoms with E-state index in [0.717, 1.165) is 17.8 Å². The normalized spacial score (nSPS) is 34.2. The molecule has 0 saturated heterocycles. The Bertz CT molecular complexity index is 572. The molecule has 4 aliphatic rings. The minimum Gasteiger partial charge on any atom is -0.462 e. The third-order valence-corrected chi connectivity index (χ3v) is 6.02. The molecule has 4 heteroatoms. The summed E-state index contributed by atoms with van der Waals surface area (Å²) in [4.78, 5) is 22.7. The smallest absolute Gasteiger partial charge is 0.338 e. The third-order valence-electron chi connectivity index (χ3n) is 6.02. The molecule has 0 radical (unpaired) electrons. The molecule has 1 aromatic rings. The van der Waals surface area contributed by atoms with Gasteiger partial charge in [-0.05, 0) is 80.5 Å². The van der Waals surface area contributed by atoms with E-state index < -0.39 is 0 Å². The molecule has 0 atom stereocenters. The van der Waals surface area contributed by atoms with E-state index in [9.17, 15) is 9.59 Å². The molecule has 1 amide bonds. The van der Waals surface area contributed by atoms with Crippen LogP contribution in [0.15, 0.2) is 24.3 Å². The second-order valence-electron chi connectivity index (χ2n) is 7.83. The zero-order chi connectivity index (χ0) is 15.9. The van der Waals surface area contributed by atoms with Crippen LogP contribution < -0.4 is 5.32 Å². The van der Waals surface area contributed by atoms with Crippen LogP contribution in [0.1, 0.15) is 48.9 Å². The van der Waals surface area contributed by atoms with Gasteiger partial charge in [0.2, 0.25) is 6.41 Å². The summed E-state index contributed by atoms with van der Waals surface area (Å²) in [5.41, 5.74) is 1.48. The molecular formula is C19H23NO3. The van der Waals surface area contributed by atoms with Crippen molar-refractivity contribution in [1.29, 1.82) is 0 Å². The topological polar surface area (TPSA) is 55.4 Å². The molecule has 0 aromatic heterocycles. The summed E-state index contributed by atoms with van der Waals surface area (Å²) in [5, 5.41) is 2.56. The van der Waals surface area contributed by atoms with Crippen LogP contribution in [-0.4, -0.2) is 19.0 Å². The number of nitrogens with one attached hydrogen (secondary N) is 1. The number of esters is 1. The Hall–Kier alpha value is -1.84. The van der Waals surface area contributed by atoms with Crippen molar-refractivity contribution < 1.29 is 14.3 Å². The van der Waals surface area contributed by atoms with Gasteiger partial charge in [-0.2, -0.15) is 0 Å². The minimum absolute atomic E-state index is 0.251. The fraction of sp³-hybridized carbons (Fsp3) is 0.579. The summed E-state index contributed by atoms with van der Waals surface area (Å²) in [5.74, 6) is 2.36. The second-order valence-corrected chi connectivity index (χ2v) is 7.83. The summed E-state index contributed by atoms with van der Waals surface area (Å²) >= 11 is 0. The lowest BCUT2D eigenvalue weighted by Gasteiger charge is -2.56. The van der Waals surface area contributed by atoms with E-state index in [1.54, 1.807) is 24.3 Å². The Morgan fingerprint density at radius 3 is 2.17 bits per heavy atom. The van der Waals surface area contributed by atoms with Gasteiger partial charge in [-0.1, -0.05) is 0 Å². The second kappa shape index (κ2) is 5.66. The first-order valence-electron chi connectivity index (χ1n) is 8.63. The molecule has 0 unspecified atom stereocenters. The maximum Gasteiger partial charge on any atom is 0.338 e. The monoisotopic (exact) mass is 313 g/mol. The van der Waals surface area contributed by atoms with Gasteiger partial charge in [0, 0.05) is 11.1 Å². The summed E-state index contributed by atoms with van der Waals surface area (Å²) in [7, 11) is 0. The van der Waals surface area contributed by atoms with Gasteiger partial charge in [0.15, 0.2) is 0 Å². The number of carbonyl (C=O) groups is 2. The first-order chi connectivity index (χ1) is 11.2. The van der Waals surface area contributed by atoms with E-state index in [0.29, 0.717) is 24.3 Å². The minimum atomic E-state index is -0.251. The van der Waals surface area contributed by atoms with Gasteiger partial charge in [0.05, 0.1) is 12.2 Å². The molecule has 0 heterocycles. The van der Waals surface area contributed by atoms with Crippen LogP contribution in [-0.2, 0) is 9.53 Å². The summed E-state index contributed by atoms with van der Waals surface area (Å²) in [6.07, 6.45) is 8.56. The summed E-state index contributed by atoms with van der Waals surface area (Å²) in [6.45, 7) is 0.573. The van der Waals surface area contributed by atoms with Gasteiger partial charge >= 0.3 is 5.97 Å². The molecule has 4 bridgehead atoms. The highest BCUT2D eigenvalue weighted by Gasteiger charge is 2.51. The molecule has 5 rings (SSSR count). The Kier molecular flexibility index (Phi) is 3.63. The number of hydrogen-bond donors (Lipinski definition) is 1. The molecule has 122 valence electrons. The lowest BCUT2D eigenvalue weighted by Crippen LogP contribution is -2.48. The summed E-state index contributed by atoms with van der Waals surface area (Å²) < 4.78 is 5.68. The number of rotatable bonds is 5. The Labute approximate surface area is 136 Å². The van der Waals surface area contributed by atoms with E-state index in [1.807, 2.05) is 0 Å². The van der Waals surface area contributed by atoms with Crippen LogP contribution in [0, 0.1) is 23.2 Å². The molecule has 0 spiro atoms. The highest BCUT2D eigenvalue weighted by Crippen LogP contribution is 2.60. The number of carbonyl (C=O) groups excluding carboxylic acids is 2. The zero-order valence-electron chi connectivity index (χ0n) is 13.3. The van der Waals surface area contributed by atoms with Crippen LogP contribution in [0.4, 0.5) is 5.69 Å². The van der Waals surface area contributed by atoms with Crippen molar-refractivity contribution in [1.82, 2.24) is 0 Å². The molecule has 4 fully saturated rings. The van der Waals surface area contributed by atoms with Gasteiger partial charge < -0.3 is 10.1 Å². The average molecular weight is 313 g/mol. The molecule has 4 saturated carbocycles. The quantitative estimate of drug-likeness (QED) is 0.667. The first kappa shape index (κ1) is 14.7. The number of benzene rings is 1. The predicted molar refractivity (Wildman–Crippen MR) is 87.0 cm³/mol. The number of hydrogen-bond acceptors (Lipinski definition) is 3. The number of amides is 1. The van der Waals surface area contributed by atoms with Crippen molar-refractivity contribution in [3.63, 3.8) is 0 Å². The Morgan fingerprint density at radius 2 is 1.65 bits per heavy atom. The van der Waals surface area contributed by atoms with Gasteiger partial charge in [-0.25, -0.2) is 4.79 Å². The van der Waals surface area contributed by atoms with E-state index >= 15 is 0 Å². The highest BCUT2D eigenvalue weighted by atomic mass is 16.5. The lowest BCUT2D eigenvalue weighted by atomic mass is 9.50. The van der Waals surface area contributed by atoms with Crippen LogP contribution in [0.25, 0.3) is 0 Å². The van der Waals surface area contributed by atoms with Crippen LogP contribution >= 0.6 is 0 Å². The maximum absolute atomic E-state index is 12.3. The standard InChI is InChI=1S/C19H23NO3/c21-12-20-17-3-1-16(2-4-17)18(22)23-11-19-8-13-5-14(9-19)7-15(6-13)10-19/h1-4,12-15H,5-11H2,(H,20,21). The van der Waals surface area contributed by atoms with Crippen molar-refractivity contribution in [2.45, 2.75) is 38.5 Å². The zero-order valence-corrected chi connectivity index (χ0v) is 13.3. The van der Waals surface area contributed by atoms with Crippen LogP contribution in [0.5, 0.6) is 0 Å². The number of anilines is 1. The molecule has 4 aliphatic carbocycles. The molecule has 1 aromatic carbocycles. The van der Waals surface area contributed by atoms with Crippen molar-refractivity contribution in [2.75, 3.05) is 11.9 Å². The lowest BCUT2D eigenvalue weighted by molar-refractivity contribution is -0.105. The van der Waals surface area contributed by atoms with Crippen LogP contribution in [0.3, 0.4) is 0 Å². The van der Waals surface area contributed by atoms with Crippen molar-refractivity contribution in [3.05, 3.63) is 29.8 Å². The van der Waals surface area contributed by atoms with Gasteiger partial charge in [0.1, 0.15) is 0 Å². The van der Waals surface area contributed by atoms with E-state index in [2.05, 4.69) is 5.32 Å². The fourth-order valence-corrected chi connectivity index (χ4v) is 5.54.